The van der Waals surface area contributed by atoms with Crippen LogP contribution >= 0.6 is 0 Å². The zero-order valence-electron chi connectivity index (χ0n) is 23.4. The summed E-state index contributed by atoms with van der Waals surface area (Å²) >= 11 is 0. The topological polar surface area (TPSA) is 144 Å². The molecule has 0 aromatic carbocycles. The first-order chi connectivity index (χ1) is 18.2. The van der Waals surface area contributed by atoms with Gasteiger partial charge in [-0.3, -0.25) is 19.2 Å². The van der Waals surface area contributed by atoms with Gasteiger partial charge in [-0.05, 0) is 37.0 Å². The van der Waals surface area contributed by atoms with Gasteiger partial charge in [-0.15, -0.1) is 0 Å². The molecule has 0 N–H and O–H groups in total. The number of epoxide rings is 1. The van der Waals surface area contributed by atoms with Gasteiger partial charge in [0.05, 0.1) is 12.0 Å². The fourth-order valence-corrected chi connectivity index (χ4v) is 7.48. The van der Waals surface area contributed by atoms with Crippen LogP contribution in [0, 0.1) is 22.7 Å². The van der Waals surface area contributed by atoms with Crippen LogP contribution in [0.3, 0.4) is 0 Å². The van der Waals surface area contributed by atoms with Gasteiger partial charge in [0.15, 0.2) is 0 Å². The Labute approximate surface area is 227 Å². The molecule has 2 saturated carbocycles. The van der Waals surface area contributed by atoms with E-state index in [-0.39, 0.29) is 25.6 Å². The highest BCUT2D eigenvalue weighted by Crippen LogP contribution is 2.69. The number of fused-ring (bicyclic) bond motifs is 2. The van der Waals surface area contributed by atoms with Gasteiger partial charge in [0, 0.05) is 45.3 Å². The largest absolute Gasteiger partial charge is 0.465 e. The lowest BCUT2D eigenvalue weighted by atomic mass is 9.42. The number of ether oxygens (including phenoxy) is 6. The van der Waals surface area contributed by atoms with E-state index >= 15 is 0 Å². The molecule has 0 aromatic heterocycles. The van der Waals surface area contributed by atoms with Gasteiger partial charge < -0.3 is 28.4 Å². The Bertz CT molecular complexity index is 1080. The SMILES string of the molecule is CC(=O)OC[C@@]12[C@@H](OC(C)=O)C[C@H](C)[C@@](C)(C[C@H](OC(C)=O)C3=CC(=O)OC3)[C@H]1[C@H](OC(C)=O)CC[C@]21CO1. The van der Waals surface area contributed by atoms with Crippen molar-refractivity contribution in [1.29, 1.82) is 0 Å². The van der Waals surface area contributed by atoms with Crippen LogP contribution in [0.25, 0.3) is 0 Å². The molecule has 11 heteroatoms. The number of hydrogen-bond acceptors (Lipinski definition) is 11. The highest BCUT2D eigenvalue weighted by molar-refractivity contribution is 5.85. The highest BCUT2D eigenvalue weighted by Gasteiger charge is 2.77. The van der Waals surface area contributed by atoms with E-state index in [1.165, 1.54) is 33.8 Å². The lowest BCUT2D eigenvalue weighted by Crippen LogP contribution is -2.71. The van der Waals surface area contributed by atoms with E-state index in [1.54, 1.807) is 0 Å². The van der Waals surface area contributed by atoms with E-state index < -0.39 is 70.5 Å². The lowest BCUT2D eigenvalue weighted by molar-refractivity contribution is -0.259. The van der Waals surface area contributed by atoms with Gasteiger partial charge in [-0.1, -0.05) is 13.8 Å². The van der Waals surface area contributed by atoms with Crippen molar-refractivity contribution in [2.24, 2.45) is 22.7 Å². The second-order valence-electron chi connectivity index (χ2n) is 11.6. The summed E-state index contributed by atoms with van der Waals surface area (Å²) in [6, 6.07) is 0. The summed E-state index contributed by atoms with van der Waals surface area (Å²) in [6.07, 6.45) is 0.937. The fraction of sp³-hybridized carbons (Fsp3) is 0.750. The molecule has 0 bridgehead atoms. The molecule has 0 radical (unpaired) electrons. The van der Waals surface area contributed by atoms with Crippen LogP contribution in [0.15, 0.2) is 11.6 Å². The zero-order chi connectivity index (χ0) is 28.8. The number of hydrogen-bond donors (Lipinski definition) is 0. The standard InChI is InChI=1S/C28H38O11/c1-15-9-23(39-19(5)32)28(14-35-16(2)29)25(21(37-17(3)30)7-8-27(28)13-36-27)26(15,6)11-22(38-18(4)31)20-10-24(33)34-12-20/h10,15,21-23,25H,7-9,11-14H2,1-6H3/t15-,21+,22-,23-,25+,26+,27-,28+/m0/s1. The van der Waals surface area contributed by atoms with Crippen LogP contribution in [0.5, 0.6) is 0 Å². The Kier molecular flexibility index (Phi) is 7.86. The maximum atomic E-state index is 12.4. The number of cyclic esters (lactones) is 1. The Morgan fingerprint density at radius 3 is 2.23 bits per heavy atom. The molecule has 8 atom stereocenters. The summed E-state index contributed by atoms with van der Waals surface area (Å²) in [7, 11) is 0. The molecule has 216 valence electrons. The van der Waals surface area contributed by atoms with Crippen molar-refractivity contribution in [1.82, 2.24) is 0 Å². The molecule has 0 amide bonds. The minimum absolute atomic E-state index is 0.000986. The Balaban J connectivity index is 1.88. The number of carbonyl (C=O) groups excluding carboxylic acids is 5. The number of rotatable bonds is 8. The molecule has 2 aliphatic heterocycles. The van der Waals surface area contributed by atoms with E-state index in [0.717, 1.165) is 0 Å². The first-order valence-electron chi connectivity index (χ1n) is 13.4. The summed E-state index contributed by atoms with van der Waals surface area (Å²) in [5.74, 6) is -3.13. The van der Waals surface area contributed by atoms with E-state index in [0.29, 0.717) is 31.4 Å². The molecular weight excluding hydrogens is 512 g/mol. The maximum Gasteiger partial charge on any atom is 0.331 e. The molecule has 11 nitrogen and oxygen atoms in total. The van der Waals surface area contributed by atoms with Crippen molar-refractivity contribution in [3.63, 3.8) is 0 Å². The number of carbonyl (C=O) groups is 5. The van der Waals surface area contributed by atoms with E-state index in [9.17, 15) is 24.0 Å². The smallest absolute Gasteiger partial charge is 0.331 e. The second-order valence-corrected chi connectivity index (χ2v) is 11.6. The average molecular weight is 551 g/mol. The molecule has 4 aliphatic rings. The third-order valence-electron chi connectivity index (χ3n) is 9.25. The third kappa shape index (κ3) is 5.29. The molecule has 0 aromatic rings. The van der Waals surface area contributed by atoms with Crippen LogP contribution < -0.4 is 0 Å². The summed E-state index contributed by atoms with van der Waals surface area (Å²) in [6.45, 7) is 9.60. The monoisotopic (exact) mass is 550 g/mol. The van der Waals surface area contributed by atoms with Gasteiger partial charge in [-0.2, -0.15) is 0 Å². The first-order valence-corrected chi connectivity index (χ1v) is 13.4. The van der Waals surface area contributed by atoms with Gasteiger partial charge >= 0.3 is 29.8 Å². The third-order valence-corrected chi connectivity index (χ3v) is 9.25. The molecule has 1 saturated heterocycles. The second kappa shape index (κ2) is 10.6. The van der Waals surface area contributed by atoms with Gasteiger partial charge in [0.2, 0.25) is 0 Å². The van der Waals surface area contributed by atoms with Crippen LogP contribution in [-0.4, -0.2) is 73.6 Å². The van der Waals surface area contributed by atoms with Crippen molar-refractivity contribution in [3.8, 4) is 0 Å². The van der Waals surface area contributed by atoms with Crippen LogP contribution in [0.4, 0.5) is 0 Å². The fourth-order valence-electron chi connectivity index (χ4n) is 7.48. The van der Waals surface area contributed by atoms with Crippen LogP contribution in [0.1, 0.15) is 67.2 Å². The summed E-state index contributed by atoms with van der Waals surface area (Å²) in [5.41, 5.74) is -1.98. The van der Waals surface area contributed by atoms with Crippen LogP contribution in [0.2, 0.25) is 0 Å². The minimum atomic E-state index is -1.04. The molecule has 2 aliphatic carbocycles. The predicted molar refractivity (Wildman–Crippen MR) is 133 cm³/mol. The van der Waals surface area contributed by atoms with E-state index in [1.807, 2.05) is 13.8 Å². The minimum Gasteiger partial charge on any atom is -0.465 e. The van der Waals surface area contributed by atoms with E-state index in [2.05, 4.69) is 0 Å². The van der Waals surface area contributed by atoms with Crippen molar-refractivity contribution in [2.75, 3.05) is 19.8 Å². The molecule has 2 heterocycles. The molecular formula is C28H38O11. The predicted octanol–water partition coefficient (Wildman–Crippen LogP) is 2.43. The number of esters is 5. The Morgan fingerprint density at radius 2 is 1.72 bits per heavy atom. The maximum absolute atomic E-state index is 12.4. The van der Waals surface area contributed by atoms with Crippen molar-refractivity contribution < 1.29 is 52.4 Å². The Morgan fingerprint density at radius 1 is 1.05 bits per heavy atom. The molecule has 3 fully saturated rings. The summed E-state index contributed by atoms with van der Waals surface area (Å²) in [4.78, 5) is 60.9. The van der Waals surface area contributed by atoms with Crippen LogP contribution in [-0.2, 0) is 52.4 Å². The first kappa shape index (κ1) is 29.0. The summed E-state index contributed by atoms with van der Waals surface area (Å²) < 4.78 is 34.6. The summed E-state index contributed by atoms with van der Waals surface area (Å²) in [5, 5.41) is 0. The zero-order valence-corrected chi connectivity index (χ0v) is 23.4. The lowest BCUT2D eigenvalue weighted by Gasteiger charge is -2.64. The van der Waals surface area contributed by atoms with E-state index in [4.69, 9.17) is 28.4 Å². The molecule has 1 spiro atoms. The van der Waals surface area contributed by atoms with Crippen molar-refractivity contribution >= 4 is 29.8 Å². The average Bonchev–Trinajstić information content (AvgIpc) is 3.47. The molecule has 4 rings (SSSR count). The van der Waals surface area contributed by atoms with Gasteiger partial charge in [0.1, 0.15) is 37.1 Å². The molecule has 39 heavy (non-hydrogen) atoms. The quantitative estimate of drug-likeness (QED) is 0.250. The van der Waals surface area contributed by atoms with Gasteiger partial charge in [0.25, 0.3) is 0 Å². The van der Waals surface area contributed by atoms with Crippen molar-refractivity contribution in [3.05, 3.63) is 11.6 Å². The molecule has 0 unspecified atom stereocenters. The van der Waals surface area contributed by atoms with Crippen molar-refractivity contribution in [2.45, 2.75) is 91.1 Å². The Hall–Kier alpha value is -2.95. The van der Waals surface area contributed by atoms with Gasteiger partial charge in [-0.25, -0.2) is 4.79 Å². The highest BCUT2D eigenvalue weighted by atomic mass is 16.6. The normalized spacial score (nSPS) is 37.6.